The second kappa shape index (κ2) is 6.57. The average Bonchev–Trinajstić information content (AvgIpc) is 2.44. The zero-order valence-corrected chi connectivity index (χ0v) is 12.7. The third-order valence-corrected chi connectivity index (χ3v) is 3.98. The molecular weight excluding hydrogens is 304 g/mol. The molecule has 0 unspecified atom stereocenters. The van der Waals surface area contributed by atoms with Crippen molar-refractivity contribution in [2.24, 2.45) is 5.11 Å². The van der Waals surface area contributed by atoms with Gasteiger partial charge in [-0.1, -0.05) is 28.9 Å². The zero-order chi connectivity index (χ0) is 16.2. The van der Waals surface area contributed by atoms with E-state index in [-0.39, 0.29) is 17.9 Å². The van der Waals surface area contributed by atoms with Crippen molar-refractivity contribution in [1.82, 2.24) is 4.98 Å². The van der Waals surface area contributed by atoms with Crippen molar-refractivity contribution in [3.63, 3.8) is 0 Å². The van der Waals surface area contributed by atoms with Gasteiger partial charge in [0.15, 0.2) is 0 Å². The van der Waals surface area contributed by atoms with Gasteiger partial charge in [0, 0.05) is 22.7 Å². The fourth-order valence-corrected chi connectivity index (χ4v) is 2.82. The van der Waals surface area contributed by atoms with Crippen LogP contribution in [0.5, 0.6) is 0 Å². The van der Waals surface area contributed by atoms with Gasteiger partial charge in [-0.05, 0) is 36.2 Å². The van der Waals surface area contributed by atoms with E-state index in [1.54, 1.807) is 30.3 Å². The molecule has 1 aromatic heterocycles. The minimum Gasteiger partial charge on any atom is -0.282 e. The molecule has 0 saturated heterocycles. The van der Waals surface area contributed by atoms with Gasteiger partial charge in [-0.3, -0.25) is 9.54 Å². The fraction of sp³-hybridized carbons (Fsp3) is 0.214. The molecule has 114 valence electrons. The maximum atomic E-state index is 11.4. The van der Waals surface area contributed by atoms with Crippen LogP contribution in [-0.2, 0) is 23.1 Å². The van der Waals surface area contributed by atoms with E-state index >= 15 is 0 Å². The van der Waals surface area contributed by atoms with E-state index in [1.165, 1.54) is 6.07 Å². The van der Waals surface area contributed by atoms with E-state index in [0.29, 0.717) is 17.0 Å². The molecule has 1 N–H and O–H groups in total. The van der Waals surface area contributed by atoms with Crippen molar-refractivity contribution < 1.29 is 13.0 Å². The first-order chi connectivity index (χ1) is 10.4. The number of azide groups is 1. The molecule has 1 aromatic carbocycles. The Labute approximate surface area is 128 Å². The summed E-state index contributed by atoms with van der Waals surface area (Å²) in [7, 11) is -4.29. The molecule has 0 amide bonds. The van der Waals surface area contributed by atoms with E-state index in [0.717, 1.165) is 5.56 Å². The molecule has 0 saturated carbocycles. The monoisotopic (exact) mass is 318 g/mol. The van der Waals surface area contributed by atoms with Gasteiger partial charge < -0.3 is 0 Å². The van der Waals surface area contributed by atoms with Crippen LogP contribution in [0.1, 0.15) is 22.5 Å². The van der Waals surface area contributed by atoms with Crippen molar-refractivity contribution >= 4 is 10.1 Å². The Morgan fingerprint density at radius 3 is 2.68 bits per heavy atom. The first kappa shape index (κ1) is 16.0. The van der Waals surface area contributed by atoms with Crippen LogP contribution in [0.4, 0.5) is 0 Å². The molecule has 0 atom stereocenters. The smallest absolute Gasteiger partial charge is 0.282 e. The Bertz CT molecular complexity index is 843. The summed E-state index contributed by atoms with van der Waals surface area (Å²) in [6.07, 6.45) is 0.251. The maximum absolute atomic E-state index is 11.4. The molecule has 0 fully saturated rings. The highest BCUT2D eigenvalue weighted by atomic mass is 32.2. The highest BCUT2D eigenvalue weighted by Gasteiger charge is 2.16. The number of hydrogen-bond donors (Lipinski definition) is 1. The van der Waals surface area contributed by atoms with Crippen molar-refractivity contribution in [1.29, 1.82) is 0 Å². The molecular formula is C14H14N4O3S. The highest BCUT2D eigenvalue weighted by molar-refractivity contribution is 7.85. The Morgan fingerprint density at radius 2 is 2.00 bits per heavy atom. The van der Waals surface area contributed by atoms with Gasteiger partial charge in [-0.25, -0.2) is 0 Å². The first-order valence-electron chi connectivity index (χ1n) is 6.43. The number of nitrogens with zero attached hydrogens (tertiary/aromatic N) is 4. The summed E-state index contributed by atoms with van der Waals surface area (Å²) in [4.78, 5) is 6.87. The predicted octanol–water partition coefficient (Wildman–Crippen LogP) is 3.04. The van der Waals surface area contributed by atoms with Gasteiger partial charge in [0.1, 0.15) is 0 Å². The summed E-state index contributed by atoms with van der Waals surface area (Å²) in [5.41, 5.74) is 10.9. The largest absolute Gasteiger partial charge is 0.294 e. The molecule has 22 heavy (non-hydrogen) atoms. The van der Waals surface area contributed by atoms with Crippen LogP contribution < -0.4 is 0 Å². The van der Waals surface area contributed by atoms with Gasteiger partial charge in [0.2, 0.25) is 0 Å². The lowest BCUT2D eigenvalue weighted by atomic mass is 10.1. The van der Waals surface area contributed by atoms with Gasteiger partial charge in [-0.2, -0.15) is 8.42 Å². The molecule has 0 spiro atoms. The molecule has 0 aliphatic rings. The minimum absolute atomic E-state index is 0.125. The van der Waals surface area contributed by atoms with Gasteiger partial charge in [-0.15, -0.1) is 0 Å². The topological polar surface area (TPSA) is 116 Å². The molecule has 2 rings (SSSR count). The van der Waals surface area contributed by atoms with Gasteiger partial charge in [0.05, 0.1) is 11.4 Å². The molecule has 8 heteroatoms. The summed E-state index contributed by atoms with van der Waals surface area (Å²) < 4.78 is 32.2. The number of hydrogen-bond acceptors (Lipinski definition) is 4. The van der Waals surface area contributed by atoms with Crippen molar-refractivity contribution in [3.8, 4) is 0 Å². The van der Waals surface area contributed by atoms with Gasteiger partial charge >= 0.3 is 0 Å². The number of benzene rings is 1. The standard InChI is InChI=1S/C14H14N4O3S/c1-10-5-6-14(22(19,20)21)11(7-10)8-12-3-2-4-13(17-12)9-16-18-15/h2-7H,8-9H2,1H3,(H,19,20,21). The summed E-state index contributed by atoms with van der Waals surface area (Å²) in [6.45, 7) is 1.96. The third kappa shape index (κ3) is 4.05. The Kier molecular flexibility index (Phi) is 4.77. The molecule has 7 nitrogen and oxygen atoms in total. The Morgan fingerprint density at radius 1 is 1.27 bits per heavy atom. The van der Waals surface area contributed by atoms with Crippen LogP contribution in [0.15, 0.2) is 46.4 Å². The van der Waals surface area contributed by atoms with Crippen molar-refractivity contribution in [3.05, 3.63) is 69.4 Å². The fourth-order valence-electron chi connectivity index (χ4n) is 2.11. The molecule has 0 radical (unpaired) electrons. The Balaban J connectivity index is 2.38. The first-order valence-corrected chi connectivity index (χ1v) is 7.87. The predicted molar refractivity (Wildman–Crippen MR) is 80.9 cm³/mol. The van der Waals surface area contributed by atoms with Crippen molar-refractivity contribution in [2.75, 3.05) is 0 Å². The molecule has 2 aromatic rings. The highest BCUT2D eigenvalue weighted by Crippen LogP contribution is 2.20. The van der Waals surface area contributed by atoms with Crippen LogP contribution in [0.2, 0.25) is 0 Å². The number of aromatic nitrogens is 1. The summed E-state index contributed by atoms with van der Waals surface area (Å²) in [5.74, 6) is 0. The SMILES string of the molecule is Cc1ccc(S(=O)(=O)O)c(Cc2cccc(CN=[N+]=[N-])n2)c1. The van der Waals surface area contributed by atoms with E-state index in [2.05, 4.69) is 15.0 Å². The van der Waals surface area contributed by atoms with E-state index < -0.39 is 10.1 Å². The Hall–Kier alpha value is -2.41. The van der Waals surface area contributed by atoms with Crippen LogP contribution >= 0.6 is 0 Å². The lowest BCUT2D eigenvalue weighted by molar-refractivity contribution is 0.482. The summed E-state index contributed by atoms with van der Waals surface area (Å²) >= 11 is 0. The lowest BCUT2D eigenvalue weighted by Crippen LogP contribution is -2.05. The lowest BCUT2D eigenvalue weighted by Gasteiger charge is -2.09. The quantitative estimate of drug-likeness (QED) is 0.394. The molecule has 0 aliphatic carbocycles. The van der Waals surface area contributed by atoms with E-state index in [1.807, 2.05) is 6.92 Å². The molecule has 0 bridgehead atoms. The average molecular weight is 318 g/mol. The zero-order valence-electron chi connectivity index (χ0n) is 11.8. The van der Waals surface area contributed by atoms with E-state index in [9.17, 15) is 13.0 Å². The number of pyridine rings is 1. The second-order valence-corrected chi connectivity index (χ2v) is 6.16. The van der Waals surface area contributed by atoms with Crippen LogP contribution in [0, 0.1) is 6.92 Å². The van der Waals surface area contributed by atoms with Crippen LogP contribution in [0.25, 0.3) is 10.4 Å². The molecule has 0 aliphatic heterocycles. The number of rotatable bonds is 5. The van der Waals surface area contributed by atoms with Gasteiger partial charge in [0.25, 0.3) is 10.1 Å². The summed E-state index contributed by atoms with van der Waals surface area (Å²) in [5, 5.41) is 3.44. The normalized spacial score (nSPS) is 11.0. The number of aryl methyl sites for hydroxylation is 1. The minimum atomic E-state index is -4.29. The summed E-state index contributed by atoms with van der Waals surface area (Å²) in [6, 6.07) is 9.92. The second-order valence-electron chi connectivity index (χ2n) is 4.77. The maximum Gasteiger partial charge on any atom is 0.294 e. The third-order valence-electron chi connectivity index (χ3n) is 3.03. The van der Waals surface area contributed by atoms with E-state index in [4.69, 9.17) is 5.53 Å². The van der Waals surface area contributed by atoms with Crippen LogP contribution in [-0.4, -0.2) is 18.0 Å². The van der Waals surface area contributed by atoms with Crippen LogP contribution in [0.3, 0.4) is 0 Å². The van der Waals surface area contributed by atoms with Crippen molar-refractivity contribution in [2.45, 2.75) is 24.8 Å². The molecule has 1 heterocycles.